The number of imidazole rings is 1. The zero-order valence-electron chi connectivity index (χ0n) is 17.0. The van der Waals surface area contributed by atoms with Crippen molar-refractivity contribution in [1.29, 1.82) is 0 Å². The van der Waals surface area contributed by atoms with Crippen LogP contribution in [-0.2, 0) is 11.3 Å². The van der Waals surface area contributed by atoms with E-state index >= 15 is 0 Å². The van der Waals surface area contributed by atoms with Crippen molar-refractivity contribution in [2.45, 2.75) is 37.5 Å². The first-order chi connectivity index (χ1) is 14.7. The standard InChI is InChI=1S/C23H25N3O3S/c1-2-26-18-6-4-3-5-17(18)24-23(26)30-14-21(27)25-22(15-7-8-15)16-9-10-19-20(13-16)29-12-11-28-19/h3-6,9-10,13,15,22H,2,7-8,11-12,14H2,1H3,(H,25,27). The SMILES string of the molecule is CCn1c(SCC(=O)NC(c2ccc3c(c2)OCCO3)C2CC2)nc2ccccc21. The summed E-state index contributed by atoms with van der Waals surface area (Å²) in [4.78, 5) is 17.5. The van der Waals surface area contributed by atoms with Crippen molar-refractivity contribution in [1.82, 2.24) is 14.9 Å². The number of ether oxygens (including phenoxy) is 2. The zero-order valence-corrected chi connectivity index (χ0v) is 17.8. The van der Waals surface area contributed by atoms with Crippen LogP contribution in [0, 0.1) is 5.92 Å². The zero-order chi connectivity index (χ0) is 20.5. The van der Waals surface area contributed by atoms with E-state index in [-0.39, 0.29) is 11.9 Å². The van der Waals surface area contributed by atoms with E-state index in [9.17, 15) is 4.79 Å². The van der Waals surface area contributed by atoms with E-state index in [1.165, 1.54) is 11.8 Å². The summed E-state index contributed by atoms with van der Waals surface area (Å²) in [6.07, 6.45) is 2.27. The van der Waals surface area contributed by atoms with Crippen molar-refractivity contribution in [3.8, 4) is 11.5 Å². The Kier molecular flexibility index (Phi) is 5.29. The molecule has 1 aromatic heterocycles. The maximum Gasteiger partial charge on any atom is 0.230 e. The topological polar surface area (TPSA) is 65.4 Å². The lowest BCUT2D eigenvalue weighted by Gasteiger charge is -2.23. The molecule has 1 aliphatic carbocycles. The second-order valence-electron chi connectivity index (χ2n) is 7.70. The molecule has 3 aromatic rings. The van der Waals surface area contributed by atoms with Gasteiger partial charge in [0.05, 0.1) is 22.8 Å². The third kappa shape index (κ3) is 3.86. The lowest BCUT2D eigenvalue weighted by molar-refractivity contribution is -0.119. The summed E-state index contributed by atoms with van der Waals surface area (Å²) >= 11 is 1.49. The van der Waals surface area contributed by atoms with Gasteiger partial charge in [0, 0.05) is 6.54 Å². The van der Waals surface area contributed by atoms with Gasteiger partial charge >= 0.3 is 0 Å². The Bertz CT molecular complexity index is 1080. The number of nitrogens with zero attached hydrogens (tertiary/aromatic N) is 2. The van der Waals surface area contributed by atoms with Crippen LogP contribution in [0.2, 0.25) is 0 Å². The molecule has 0 bridgehead atoms. The van der Waals surface area contributed by atoms with Gasteiger partial charge in [-0.2, -0.15) is 0 Å². The Hall–Kier alpha value is -2.67. The number of nitrogens with one attached hydrogen (secondary N) is 1. The number of amides is 1. The highest BCUT2D eigenvalue weighted by Gasteiger charge is 2.34. The largest absolute Gasteiger partial charge is 0.486 e. The second kappa shape index (κ2) is 8.22. The molecule has 2 heterocycles. The van der Waals surface area contributed by atoms with Crippen LogP contribution < -0.4 is 14.8 Å². The highest BCUT2D eigenvalue weighted by atomic mass is 32.2. The number of carbonyl (C=O) groups is 1. The summed E-state index contributed by atoms with van der Waals surface area (Å²) in [5.74, 6) is 2.41. The van der Waals surface area contributed by atoms with Crippen molar-refractivity contribution in [2.75, 3.05) is 19.0 Å². The molecular weight excluding hydrogens is 398 g/mol. The van der Waals surface area contributed by atoms with Gasteiger partial charge < -0.3 is 19.4 Å². The average molecular weight is 424 g/mol. The minimum absolute atomic E-state index is 0.0129. The summed E-state index contributed by atoms with van der Waals surface area (Å²) in [5, 5.41) is 4.14. The van der Waals surface area contributed by atoms with E-state index in [2.05, 4.69) is 22.9 Å². The van der Waals surface area contributed by atoms with Crippen LogP contribution in [-0.4, -0.2) is 34.4 Å². The van der Waals surface area contributed by atoms with Gasteiger partial charge in [-0.1, -0.05) is 30.0 Å². The predicted molar refractivity (Wildman–Crippen MR) is 117 cm³/mol. The van der Waals surface area contributed by atoms with Crippen LogP contribution in [0.5, 0.6) is 11.5 Å². The quantitative estimate of drug-likeness (QED) is 0.578. The number of benzene rings is 2. The van der Waals surface area contributed by atoms with Gasteiger partial charge in [-0.15, -0.1) is 0 Å². The molecule has 156 valence electrons. The number of para-hydroxylation sites is 2. The first-order valence-corrected chi connectivity index (χ1v) is 11.5. The number of rotatable bonds is 7. The molecule has 0 radical (unpaired) electrons. The molecular formula is C23H25N3O3S. The molecule has 0 spiro atoms. The number of aryl methyl sites for hydroxylation is 1. The Labute approximate surface area is 180 Å². The first kappa shape index (κ1) is 19.3. The van der Waals surface area contributed by atoms with Crippen molar-refractivity contribution >= 4 is 28.7 Å². The summed E-state index contributed by atoms with van der Waals surface area (Å²) in [5.41, 5.74) is 3.16. The van der Waals surface area contributed by atoms with Gasteiger partial charge in [0.2, 0.25) is 5.91 Å². The normalized spacial score (nSPS) is 16.4. The van der Waals surface area contributed by atoms with Gasteiger partial charge in [0.15, 0.2) is 16.7 Å². The fourth-order valence-corrected chi connectivity index (χ4v) is 4.86. The third-order valence-corrected chi connectivity index (χ3v) is 6.58. The fourth-order valence-electron chi connectivity index (χ4n) is 3.97. The summed E-state index contributed by atoms with van der Waals surface area (Å²) in [6.45, 7) is 4.07. The van der Waals surface area contributed by atoms with Crippen LogP contribution in [0.4, 0.5) is 0 Å². The Morgan fingerprint density at radius 1 is 1.20 bits per heavy atom. The molecule has 2 aromatic carbocycles. The molecule has 5 rings (SSSR count). The van der Waals surface area contributed by atoms with Gasteiger partial charge in [-0.05, 0) is 55.5 Å². The maximum atomic E-state index is 12.8. The molecule has 30 heavy (non-hydrogen) atoms. The number of hydrogen-bond acceptors (Lipinski definition) is 5. The van der Waals surface area contributed by atoms with Gasteiger partial charge in [0.25, 0.3) is 0 Å². The molecule has 1 aliphatic heterocycles. The summed E-state index contributed by atoms with van der Waals surface area (Å²) < 4.78 is 13.5. The van der Waals surface area contributed by atoms with E-state index < -0.39 is 0 Å². The maximum absolute atomic E-state index is 12.8. The van der Waals surface area contributed by atoms with Crippen LogP contribution in [0.1, 0.15) is 31.4 Å². The molecule has 1 fully saturated rings. The number of hydrogen-bond donors (Lipinski definition) is 1. The molecule has 6 nitrogen and oxygen atoms in total. The minimum atomic E-state index is 0.0129. The monoisotopic (exact) mass is 423 g/mol. The molecule has 2 aliphatic rings. The van der Waals surface area contributed by atoms with E-state index in [0.29, 0.717) is 24.9 Å². The van der Waals surface area contributed by atoms with E-state index in [4.69, 9.17) is 14.5 Å². The van der Waals surface area contributed by atoms with Crippen molar-refractivity contribution in [3.05, 3.63) is 48.0 Å². The fraction of sp³-hybridized carbons (Fsp3) is 0.391. The Morgan fingerprint density at radius 2 is 2.00 bits per heavy atom. The number of fused-ring (bicyclic) bond motifs is 2. The Morgan fingerprint density at radius 3 is 2.80 bits per heavy atom. The number of aromatic nitrogens is 2. The molecule has 1 unspecified atom stereocenters. The molecule has 1 N–H and O–H groups in total. The van der Waals surface area contributed by atoms with Crippen molar-refractivity contribution in [2.24, 2.45) is 5.92 Å². The van der Waals surface area contributed by atoms with E-state index in [1.807, 2.05) is 36.4 Å². The van der Waals surface area contributed by atoms with Crippen molar-refractivity contribution in [3.63, 3.8) is 0 Å². The number of carbonyl (C=O) groups excluding carboxylic acids is 1. The average Bonchev–Trinajstić information content (AvgIpc) is 3.56. The molecule has 7 heteroatoms. The van der Waals surface area contributed by atoms with Crippen LogP contribution >= 0.6 is 11.8 Å². The van der Waals surface area contributed by atoms with Crippen molar-refractivity contribution < 1.29 is 14.3 Å². The molecule has 1 atom stereocenters. The third-order valence-electron chi connectivity index (χ3n) is 5.60. The Balaban J connectivity index is 1.28. The minimum Gasteiger partial charge on any atom is -0.486 e. The second-order valence-corrected chi connectivity index (χ2v) is 8.64. The molecule has 1 amide bonds. The van der Waals surface area contributed by atoms with Gasteiger partial charge in [-0.3, -0.25) is 4.79 Å². The predicted octanol–water partition coefficient (Wildman–Crippen LogP) is 4.19. The van der Waals surface area contributed by atoms with E-state index in [1.54, 1.807) is 0 Å². The smallest absolute Gasteiger partial charge is 0.230 e. The molecule has 1 saturated carbocycles. The van der Waals surface area contributed by atoms with Crippen LogP contribution in [0.25, 0.3) is 11.0 Å². The lowest BCUT2D eigenvalue weighted by Crippen LogP contribution is -2.31. The highest BCUT2D eigenvalue weighted by Crippen LogP contribution is 2.43. The van der Waals surface area contributed by atoms with E-state index in [0.717, 1.165) is 52.6 Å². The van der Waals surface area contributed by atoms with Gasteiger partial charge in [-0.25, -0.2) is 4.98 Å². The number of thioether (sulfide) groups is 1. The van der Waals surface area contributed by atoms with Crippen LogP contribution in [0.3, 0.4) is 0 Å². The summed E-state index contributed by atoms with van der Waals surface area (Å²) in [7, 11) is 0. The molecule has 0 saturated heterocycles. The van der Waals surface area contributed by atoms with Gasteiger partial charge in [0.1, 0.15) is 13.2 Å². The lowest BCUT2D eigenvalue weighted by atomic mass is 10.0. The highest BCUT2D eigenvalue weighted by molar-refractivity contribution is 7.99. The summed E-state index contributed by atoms with van der Waals surface area (Å²) in [6, 6.07) is 14.1. The van der Waals surface area contributed by atoms with Crippen LogP contribution in [0.15, 0.2) is 47.6 Å². The first-order valence-electron chi connectivity index (χ1n) is 10.5.